The topological polar surface area (TPSA) is 36.2 Å². The Morgan fingerprint density at radius 2 is 2.33 bits per heavy atom. The van der Waals surface area contributed by atoms with Gasteiger partial charge in [-0.1, -0.05) is 6.92 Å². The highest BCUT2D eigenvalue weighted by Gasteiger charge is 1.82. The minimum absolute atomic E-state index is 0.889. The average Bonchev–Trinajstić information content (AvgIpc) is 1.88. The fraction of sp³-hybridized carbons (Fsp3) is 0.429. The van der Waals surface area contributed by atoms with E-state index in [1.807, 2.05) is 13.8 Å². The molecule has 1 N–H and O–H groups in total. The lowest BCUT2D eigenvalue weighted by Gasteiger charge is -1.90. The van der Waals surface area contributed by atoms with Crippen molar-refractivity contribution in [2.45, 2.75) is 20.3 Å². The van der Waals surface area contributed by atoms with E-state index in [0.29, 0.717) is 0 Å². The molecule has 0 saturated carbocycles. The number of hydrogen-bond acceptors (Lipinski definition) is 2. The SMILES string of the molecule is CC=N/C(=C/C=N)CC. The molecule has 0 aliphatic carbocycles. The highest BCUT2D eigenvalue weighted by molar-refractivity contribution is 5.69. The van der Waals surface area contributed by atoms with E-state index in [-0.39, 0.29) is 0 Å². The van der Waals surface area contributed by atoms with Crippen molar-refractivity contribution in [1.82, 2.24) is 0 Å². The number of nitrogens with one attached hydrogen (secondary N) is 1. The van der Waals surface area contributed by atoms with E-state index in [0.717, 1.165) is 12.1 Å². The van der Waals surface area contributed by atoms with Gasteiger partial charge in [-0.3, -0.25) is 4.99 Å². The predicted molar refractivity (Wildman–Crippen MR) is 41.3 cm³/mol. The summed E-state index contributed by atoms with van der Waals surface area (Å²) in [5.74, 6) is 0. The number of aliphatic imine (C=N–C) groups is 1. The van der Waals surface area contributed by atoms with Gasteiger partial charge in [-0.25, -0.2) is 0 Å². The number of allylic oxidation sites excluding steroid dienone is 2. The second kappa shape index (κ2) is 5.22. The van der Waals surface area contributed by atoms with Crippen molar-refractivity contribution >= 4 is 12.4 Å². The molecule has 0 aromatic heterocycles. The maximum absolute atomic E-state index is 6.74. The summed E-state index contributed by atoms with van der Waals surface area (Å²) in [7, 11) is 0. The van der Waals surface area contributed by atoms with Gasteiger partial charge in [-0.2, -0.15) is 0 Å². The normalized spacial score (nSPS) is 12.4. The standard InChI is InChI=1S/C7H12N2/c1-3-7(5-6-8)9-4-2/h4-6,8H,3H2,1-2H3/b7-5+,8-6?,9-4?. The predicted octanol–water partition coefficient (Wildman–Crippen LogP) is 2.02. The quantitative estimate of drug-likeness (QED) is 0.559. The van der Waals surface area contributed by atoms with E-state index < -0.39 is 0 Å². The van der Waals surface area contributed by atoms with E-state index in [1.54, 1.807) is 12.3 Å². The Bertz CT molecular complexity index is 134. The minimum atomic E-state index is 0.889. The van der Waals surface area contributed by atoms with Gasteiger partial charge in [0.25, 0.3) is 0 Å². The summed E-state index contributed by atoms with van der Waals surface area (Å²) >= 11 is 0. The zero-order valence-corrected chi connectivity index (χ0v) is 5.89. The highest BCUT2D eigenvalue weighted by atomic mass is 14.7. The van der Waals surface area contributed by atoms with Crippen LogP contribution >= 0.6 is 0 Å². The molecule has 2 heteroatoms. The van der Waals surface area contributed by atoms with Gasteiger partial charge in [0.15, 0.2) is 0 Å². The van der Waals surface area contributed by atoms with E-state index in [4.69, 9.17) is 5.41 Å². The van der Waals surface area contributed by atoms with Crippen LogP contribution in [-0.4, -0.2) is 12.4 Å². The van der Waals surface area contributed by atoms with Crippen LogP contribution in [0.1, 0.15) is 20.3 Å². The van der Waals surface area contributed by atoms with Crippen LogP contribution in [0.25, 0.3) is 0 Å². The molecule has 0 aromatic carbocycles. The molecule has 0 spiro atoms. The zero-order chi connectivity index (χ0) is 7.11. The van der Waals surface area contributed by atoms with Crippen molar-refractivity contribution < 1.29 is 0 Å². The lowest BCUT2D eigenvalue weighted by molar-refractivity contribution is 1.07. The van der Waals surface area contributed by atoms with Gasteiger partial charge >= 0.3 is 0 Å². The molecular formula is C7H12N2. The lowest BCUT2D eigenvalue weighted by Crippen LogP contribution is -1.75. The van der Waals surface area contributed by atoms with Crippen molar-refractivity contribution in [1.29, 1.82) is 5.41 Å². The molecule has 9 heavy (non-hydrogen) atoms. The molecule has 0 rings (SSSR count). The molecule has 0 aromatic rings. The van der Waals surface area contributed by atoms with Gasteiger partial charge in [0, 0.05) is 18.1 Å². The smallest absolute Gasteiger partial charge is 0.0411 e. The molecule has 0 fully saturated rings. The summed E-state index contributed by atoms with van der Waals surface area (Å²) in [5, 5.41) is 6.74. The summed E-state index contributed by atoms with van der Waals surface area (Å²) < 4.78 is 0. The van der Waals surface area contributed by atoms with Gasteiger partial charge in [-0.05, 0) is 19.4 Å². The molecule has 2 nitrogen and oxygen atoms in total. The maximum Gasteiger partial charge on any atom is 0.0411 e. The molecule has 0 radical (unpaired) electrons. The van der Waals surface area contributed by atoms with Gasteiger partial charge < -0.3 is 5.41 Å². The second-order valence-electron chi connectivity index (χ2n) is 1.57. The minimum Gasteiger partial charge on any atom is -0.309 e. The lowest BCUT2D eigenvalue weighted by atomic mass is 10.3. The van der Waals surface area contributed by atoms with Gasteiger partial charge in [0.1, 0.15) is 0 Å². The fourth-order valence-corrected chi connectivity index (χ4v) is 0.514. The van der Waals surface area contributed by atoms with Crippen molar-refractivity contribution in [2.75, 3.05) is 0 Å². The Hall–Kier alpha value is -0.920. The summed E-state index contributed by atoms with van der Waals surface area (Å²) in [6.07, 6.45) is 5.57. The molecular weight excluding hydrogens is 112 g/mol. The van der Waals surface area contributed by atoms with Gasteiger partial charge in [0.2, 0.25) is 0 Å². The van der Waals surface area contributed by atoms with E-state index in [2.05, 4.69) is 4.99 Å². The first-order chi connectivity index (χ1) is 4.35. The van der Waals surface area contributed by atoms with Crippen LogP contribution in [0.2, 0.25) is 0 Å². The summed E-state index contributed by atoms with van der Waals surface area (Å²) in [5.41, 5.74) is 0.951. The van der Waals surface area contributed by atoms with Gasteiger partial charge in [0.05, 0.1) is 0 Å². The average molecular weight is 124 g/mol. The summed E-state index contributed by atoms with van der Waals surface area (Å²) in [6.45, 7) is 3.88. The Morgan fingerprint density at radius 3 is 2.67 bits per heavy atom. The molecule has 0 saturated heterocycles. The third-order valence-electron chi connectivity index (χ3n) is 0.933. The first kappa shape index (κ1) is 8.08. The summed E-state index contributed by atoms with van der Waals surface area (Å²) in [4.78, 5) is 4.02. The second-order valence-corrected chi connectivity index (χ2v) is 1.57. The third-order valence-corrected chi connectivity index (χ3v) is 0.933. The van der Waals surface area contributed by atoms with Crippen molar-refractivity contribution in [2.24, 2.45) is 4.99 Å². The number of nitrogens with zero attached hydrogens (tertiary/aromatic N) is 1. The number of rotatable bonds is 3. The molecule has 0 heterocycles. The first-order valence-electron chi connectivity index (χ1n) is 3.03. The van der Waals surface area contributed by atoms with Gasteiger partial charge in [-0.15, -0.1) is 0 Å². The van der Waals surface area contributed by atoms with Crippen LogP contribution < -0.4 is 0 Å². The molecule has 50 valence electrons. The summed E-state index contributed by atoms with van der Waals surface area (Å²) in [6, 6.07) is 0. The Morgan fingerprint density at radius 1 is 1.67 bits per heavy atom. The van der Waals surface area contributed by atoms with Crippen LogP contribution in [0.5, 0.6) is 0 Å². The monoisotopic (exact) mass is 124 g/mol. The third kappa shape index (κ3) is 3.64. The Labute approximate surface area is 55.8 Å². The molecule has 0 amide bonds. The zero-order valence-electron chi connectivity index (χ0n) is 5.89. The molecule has 0 aliphatic heterocycles. The molecule has 0 atom stereocenters. The molecule has 0 aliphatic rings. The van der Waals surface area contributed by atoms with Crippen LogP contribution in [0.15, 0.2) is 16.8 Å². The van der Waals surface area contributed by atoms with E-state index in [1.165, 1.54) is 6.21 Å². The van der Waals surface area contributed by atoms with Crippen LogP contribution in [0.3, 0.4) is 0 Å². The Kier molecular flexibility index (Phi) is 4.69. The van der Waals surface area contributed by atoms with Crippen molar-refractivity contribution in [3.8, 4) is 0 Å². The van der Waals surface area contributed by atoms with E-state index >= 15 is 0 Å². The van der Waals surface area contributed by atoms with E-state index in [9.17, 15) is 0 Å². The van der Waals surface area contributed by atoms with Crippen molar-refractivity contribution in [3.05, 3.63) is 11.8 Å². The first-order valence-corrected chi connectivity index (χ1v) is 3.03. The molecule has 0 bridgehead atoms. The Balaban J connectivity index is 3.96. The fourth-order valence-electron chi connectivity index (χ4n) is 0.514. The van der Waals surface area contributed by atoms with Crippen LogP contribution in [-0.2, 0) is 0 Å². The molecule has 0 unspecified atom stereocenters. The number of hydrogen-bond donors (Lipinski definition) is 1. The maximum atomic E-state index is 6.74. The van der Waals surface area contributed by atoms with Crippen molar-refractivity contribution in [3.63, 3.8) is 0 Å². The van der Waals surface area contributed by atoms with Crippen LogP contribution in [0, 0.1) is 5.41 Å². The highest BCUT2D eigenvalue weighted by Crippen LogP contribution is 1.98. The van der Waals surface area contributed by atoms with Crippen LogP contribution in [0.4, 0.5) is 0 Å². The largest absolute Gasteiger partial charge is 0.309 e.